The van der Waals surface area contributed by atoms with E-state index in [4.69, 9.17) is 5.41 Å². The summed E-state index contributed by atoms with van der Waals surface area (Å²) in [6.07, 6.45) is 3.00. The van der Waals surface area contributed by atoms with Crippen LogP contribution in [0.5, 0.6) is 0 Å². The average Bonchev–Trinajstić information content (AvgIpc) is 2.32. The summed E-state index contributed by atoms with van der Waals surface area (Å²) in [5.74, 6) is 0.0529. The van der Waals surface area contributed by atoms with E-state index in [2.05, 4.69) is 5.32 Å². The van der Waals surface area contributed by atoms with Crippen molar-refractivity contribution in [3.8, 4) is 0 Å². The molecule has 0 bridgehead atoms. The van der Waals surface area contributed by atoms with Gasteiger partial charge >= 0.3 is 0 Å². The highest BCUT2D eigenvalue weighted by atomic mass is 32.2. The second-order valence-electron chi connectivity index (χ2n) is 3.75. The van der Waals surface area contributed by atoms with E-state index in [1.54, 1.807) is 0 Å². The van der Waals surface area contributed by atoms with E-state index in [1.165, 1.54) is 11.8 Å². The van der Waals surface area contributed by atoms with Crippen LogP contribution >= 0.6 is 11.8 Å². The van der Waals surface area contributed by atoms with Crippen molar-refractivity contribution in [1.29, 1.82) is 5.41 Å². The van der Waals surface area contributed by atoms with Gasteiger partial charge in [-0.05, 0) is 24.3 Å². The maximum Gasteiger partial charge on any atom is 0.224 e. The minimum absolute atomic E-state index is 0.0529. The highest BCUT2D eigenvalue weighted by Crippen LogP contribution is 2.09. The van der Waals surface area contributed by atoms with Crippen LogP contribution in [0.4, 0.5) is 0 Å². The van der Waals surface area contributed by atoms with Crippen LogP contribution in [-0.2, 0) is 17.6 Å². The Morgan fingerprint density at radius 3 is 2.24 bits per heavy atom. The topological polar surface area (TPSA) is 53.0 Å². The van der Waals surface area contributed by atoms with Gasteiger partial charge in [-0.3, -0.25) is 10.2 Å². The van der Waals surface area contributed by atoms with E-state index < -0.39 is 0 Å². The number of rotatable bonds is 5. The second-order valence-corrected chi connectivity index (χ2v) is 4.65. The van der Waals surface area contributed by atoms with Gasteiger partial charge in [-0.1, -0.05) is 24.3 Å². The Bertz CT molecular complexity index is 387. The Balaban J connectivity index is 2.55. The van der Waals surface area contributed by atoms with Crippen LogP contribution in [0.25, 0.3) is 0 Å². The molecule has 0 radical (unpaired) electrons. The quantitative estimate of drug-likeness (QED) is 0.622. The lowest BCUT2D eigenvalue weighted by atomic mass is 10.1. The number of benzene rings is 1. The standard InChI is InChI=1S/C13H18N2OS/c1-3-15-13(16)9-11-6-4-10(5-7-11)8-12(14)17-2/h4-7,14H,3,8-9H2,1-2H3,(H,15,16). The van der Waals surface area contributed by atoms with Crippen molar-refractivity contribution < 1.29 is 4.79 Å². The van der Waals surface area contributed by atoms with Gasteiger partial charge in [-0.2, -0.15) is 0 Å². The molecule has 1 amide bonds. The molecule has 1 aromatic carbocycles. The summed E-state index contributed by atoms with van der Waals surface area (Å²) in [6.45, 7) is 2.58. The summed E-state index contributed by atoms with van der Waals surface area (Å²) < 4.78 is 0. The van der Waals surface area contributed by atoms with Crippen LogP contribution in [-0.4, -0.2) is 23.8 Å². The summed E-state index contributed by atoms with van der Waals surface area (Å²) in [7, 11) is 0. The number of hydrogen-bond donors (Lipinski definition) is 2. The lowest BCUT2D eigenvalue weighted by Crippen LogP contribution is -2.24. The fraction of sp³-hybridized carbons (Fsp3) is 0.385. The predicted octanol–water partition coefficient (Wildman–Crippen LogP) is 2.25. The SMILES string of the molecule is CCNC(=O)Cc1ccc(CC(=N)SC)cc1. The molecule has 0 fully saturated rings. The number of carbonyl (C=O) groups excluding carboxylic acids is 1. The van der Waals surface area contributed by atoms with Gasteiger partial charge < -0.3 is 5.32 Å². The number of thioether (sulfide) groups is 1. The van der Waals surface area contributed by atoms with Crippen molar-refractivity contribution in [3.05, 3.63) is 35.4 Å². The molecular formula is C13H18N2OS. The molecule has 17 heavy (non-hydrogen) atoms. The average molecular weight is 250 g/mol. The molecule has 1 rings (SSSR count). The van der Waals surface area contributed by atoms with Crippen LogP contribution in [0.1, 0.15) is 18.1 Å². The van der Waals surface area contributed by atoms with Crippen LogP contribution < -0.4 is 5.32 Å². The van der Waals surface area contributed by atoms with Crippen molar-refractivity contribution in [2.75, 3.05) is 12.8 Å². The maximum absolute atomic E-state index is 11.4. The highest BCUT2D eigenvalue weighted by Gasteiger charge is 2.02. The normalized spacial score (nSPS) is 10.0. The number of nitrogens with one attached hydrogen (secondary N) is 2. The van der Waals surface area contributed by atoms with E-state index in [-0.39, 0.29) is 5.91 Å². The van der Waals surface area contributed by atoms with Gasteiger partial charge in [0.05, 0.1) is 11.5 Å². The van der Waals surface area contributed by atoms with Crippen molar-refractivity contribution >= 4 is 22.7 Å². The van der Waals surface area contributed by atoms with Gasteiger partial charge in [0, 0.05) is 13.0 Å². The zero-order valence-corrected chi connectivity index (χ0v) is 11.1. The summed E-state index contributed by atoms with van der Waals surface area (Å²) >= 11 is 1.46. The lowest BCUT2D eigenvalue weighted by molar-refractivity contribution is -0.120. The predicted molar refractivity (Wildman–Crippen MR) is 73.8 cm³/mol. The van der Waals surface area contributed by atoms with Gasteiger partial charge in [0.25, 0.3) is 0 Å². The van der Waals surface area contributed by atoms with Crippen LogP contribution in [0.2, 0.25) is 0 Å². The Morgan fingerprint density at radius 2 is 1.76 bits per heavy atom. The molecule has 1 aromatic rings. The molecule has 0 spiro atoms. The Morgan fingerprint density at radius 1 is 1.24 bits per heavy atom. The molecule has 0 aliphatic heterocycles. The van der Waals surface area contributed by atoms with Crippen molar-refractivity contribution in [1.82, 2.24) is 5.32 Å². The largest absolute Gasteiger partial charge is 0.356 e. The summed E-state index contributed by atoms with van der Waals surface area (Å²) in [5, 5.41) is 11.0. The van der Waals surface area contributed by atoms with Gasteiger partial charge in [0.15, 0.2) is 0 Å². The molecule has 0 saturated heterocycles. The van der Waals surface area contributed by atoms with E-state index >= 15 is 0 Å². The zero-order chi connectivity index (χ0) is 12.7. The number of carbonyl (C=O) groups is 1. The van der Waals surface area contributed by atoms with E-state index in [0.29, 0.717) is 24.4 Å². The number of hydrogen-bond acceptors (Lipinski definition) is 3. The third-order valence-corrected chi connectivity index (χ3v) is 3.01. The maximum atomic E-state index is 11.4. The molecule has 2 N–H and O–H groups in total. The summed E-state index contributed by atoms with van der Waals surface area (Å²) in [6, 6.07) is 7.88. The fourth-order valence-corrected chi connectivity index (χ4v) is 1.79. The van der Waals surface area contributed by atoms with E-state index in [0.717, 1.165) is 11.1 Å². The minimum atomic E-state index is 0.0529. The Kier molecular flexibility index (Phi) is 5.77. The molecule has 4 heteroatoms. The van der Waals surface area contributed by atoms with Crippen molar-refractivity contribution in [2.24, 2.45) is 0 Å². The number of likely N-dealkylation sites (N-methyl/N-ethyl adjacent to an activating group) is 1. The van der Waals surface area contributed by atoms with Gasteiger partial charge in [-0.15, -0.1) is 11.8 Å². The van der Waals surface area contributed by atoms with Gasteiger partial charge in [0.2, 0.25) is 5.91 Å². The smallest absolute Gasteiger partial charge is 0.224 e. The van der Waals surface area contributed by atoms with Crippen LogP contribution in [0.15, 0.2) is 24.3 Å². The first-order valence-corrected chi connectivity index (χ1v) is 6.84. The van der Waals surface area contributed by atoms with Crippen molar-refractivity contribution in [2.45, 2.75) is 19.8 Å². The van der Waals surface area contributed by atoms with Crippen LogP contribution in [0.3, 0.4) is 0 Å². The molecular weight excluding hydrogens is 232 g/mol. The Labute approximate surface area is 107 Å². The second kappa shape index (κ2) is 7.12. The molecule has 92 valence electrons. The molecule has 3 nitrogen and oxygen atoms in total. The van der Waals surface area contributed by atoms with E-state index in [9.17, 15) is 4.79 Å². The molecule has 0 heterocycles. The molecule has 0 saturated carbocycles. The summed E-state index contributed by atoms with van der Waals surface area (Å²) in [4.78, 5) is 11.4. The summed E-state index contributed by atoms with van der Waals surface area (Å²) in [5.41, 5.74) is 2.12. The lowest BCUT2D eigenvalue weighted by Gasteiger charge is -2.04. The highest BCUT2D eigenvalue weighted by molar-refractivity contribution is 8.13. The monoisotopic (exact) mass is 250 g/mol. The molecule has 0 unspecified atom stereocenters. The number of amides is 1. The first-order chi connectivity index (χ1) is 8.15. The third-order valence-electron chi connectivity index (χ3n) is 2.37. The third kappa shape index (κ3) is 5.04. The first-order valence-electron chi connectivity index (χ1n) is 5.61. The van der Waals surface area contributed by atoms with Crippen molar-refractivity contribution in [3.63, 3.8) is 0 Å². The Hall–Kier alpha value is -1.29. The van der Waals surface area contributed by atoms with Gasteiger partial charge in [0.1, 0.15) is 0 Å². The first kappa shape index (κ1) is 13.8. The molecule has 0 aliphatic carbocycles. The molecule has 0 atom stereocenters. The fourth-order valence-electron chi connectivity index (χ4n) is 1.48. The van der Waals surface area contributed by atoms with Gasteiger partial charge in [-0.25, -0.2) is 0 Å². The zero-order valence-electron chi connectivity index (χ0n) is 10.2. The molecule has 0 aromatic heterocycles. The minimum Gasteiger partial charge on any atom is -0.356 e. The van der Waals surface area contributed by atoms with Crippen LogP contribution in [0, 0.1) is 5.41 Å². The molecule has 0 aliphatic rings. The van der Waals surface area contributed by atoms with E-state index in [1.807, 2.05) is 37.4 Å².